The average Bonchev–Trinajstić information content (AvgIpc) is 2.98. The number of hydrogen-bond acceptors (Lipinski definition) is 2. The molecule has 0 bridgehead atoms. The van der Waals surface area contributed by atoms with Crippen LogP contribution in [-0.4, -0.2) is 4.98 Å². The van der Waals surface area contributed by atoms with Gasteiger partial charge < -0.3 is 10.7 Å². The topological polar surface area (TPSA) is 41.8 Å². The van der Waals surface area contributed by atoms with Gasteiger partial charge in [-0.15, -0.1) is 23.7 Å². The highest BCUT2D eigenvalue weighted by atomic mass is 35.5. The maximum Gasteiger partial charge on any atom is 0.0667 e. The van der Waals surface area contributed by atoms with Crippen molar-refractivity contribution >= 4 is 34.6 Å². The van der Waals surface area contributed by atoms with Gasteiger partial charge in [-0.1, -0.05) is 24.3 Å². The van der Waals surface area contributed by atoms with Crippen molar-refractivity contribution in [2.75, 3.05) is 0 Å². The Morgan fingerprint density at radius 1 is 1.12 bits per heavy atom. The highest BCUT2D eigenvalue weighted by Crippen LogP contribution is 2.29. The maximum atomic E-state index is 6.26. The lowest BCUT2D eigenvalue weighted by atomic mass is 10.1. The van der Waals surface area contributed by atoms with E-state index >= 15 is 0 Å². The van der Waals surface area contributed by atoms with E-state index in [1.54, 1.807) is 11.3 Å². The molecule has 0 fully saturated rings. The number of aromatic amines is 1. The maximum absolute atomic E-state index is 6.26. The number of hydrogen-bond donors (Lipinski definition) is 2. The minimum Gasteiger partial charge on any atom is -0.361 e. The van der Waals surface area contributed by atoms with E-state index in [0.717, 1.165) is 11.1 Å². The van der Waals surface area contributed by atoms with Crippen molar-refractivity contribution in [1.82, 2.24) is 4.98 Å². The third-order valence-electron chi connectivity index (χ3n) is 2.81. The van der Waals surface area contributed by atoms with Gasteiger partial charge in [0, 0.05) is 22.0 Å². The fraction of sp³-hybridized carbons (Fsp3) is 0.0769. The average molecular weight is 265 g/mol. The Morgan fingerprint density at radius 2 is 1.94 bits per heavy atom. The molecule has 88 valence electrons. The van der Waals surface area contributed by atoms with Crippen LogP contribution < -0.4 is 5.73 Å². The molecular weight excluding hydrogens is 252 g/mol. The van der Waals surface area contributed by atoms with Crippen LogP contribution in [0.15, 0.2) is 48.0 Å². The van der Waals surface area contributed by atoms with Gasteiger partial charge in [0.25, 0.3) is 0 Å². The van der Waals surface area contributed by atoms with Crippen molar-refractivity contribution in [3.8, 4) is 0 Å². The Morgan fingerprint density at radius 3 is 2.71 bits per heavy atom. The molecule has 3 rings (SSSR count). The van der Waals surface area contributed by atoms with Crippen molar-refractivity contribution in [1.29, 1.82) is 0 Å². The number of aromatic nitrogens is 1. The van der Waals surface area contributed by atoms with E-state index in [1.807, 2.05) is 24.4 Å². The summed E-state index contributed by atoms with van der Waals surface area (Å²) in [5.41, 5.74) is 8.57. The second-order valence-electron chi connectivity index (χ2n) is 3.78. The number of halogens is 1. The molecule has 2 aromatic heterocycles. The van der Waals surface area contributed by atoms with Gasteiger partial charge in [-0.2, -0.15) is 0 Å². The molecule has 0 radical (unpaired) electrons. The third-order valence-corrected chi connectivity index (χ3v) is 3.76. The lowest BCUT2D eigenvalue weighted by molar-refractivity contribution is 0.903. The van der Waals surface area contributed by atoms with E-state index < -0.39 is 0 Å². The Labute approximate surface area is 110 Å². The van der Waals surface area contributed by atoms with Gasteiger partial charge in [-0.25, -0.2) is 0 Å². The molecule has 1 atom stereocenters. The van der Waals surface area contributed by atoms with Crippen LogP contribution in [0.25, 0.3) is 10.9 Å². The molecule has 1 aromatic carbocycles. The van der Waals surface area contributed by atoms with E-state index in [9.17, 15) is 0 Å². The first kappa shape index (κ1) is 12.2. The van der Waals surface area contributed by atoms with Crippen LogP contribution in [0.1, 0.15) is 16.5 Å². The minimum absolute atomic E-state index is 0. The van der Waals surface area contributed by atoms with Gasteiger partial charge in [-0.3, -0.25) is 0 Å². The van der Waals surface area contributed by atoms with Crippen molar-refractivity contribution < 1.29 is 0 Å². The summed E-state index contributed by atoms with van der Waals surface area (Å²) in [5, 5.41) is 3.27. The number of benzene rings is 1. The van der Waals surface area contributed by atoms with Crippen LogP contribution >= 0.6 is 23.7 Å². The Kier molecular flexibility index (Phi) is 3.52. The quantitative estimate of drug-likeness (QED) is 0.728. The smallest absolute Gasteiger partial charge is 0.0667 e. The van der Waals surface area contributed by atoms with E-state index in [2.05, 4.69) is 28.6 Å². The van der Waals surface area contributed by atoms with Crippen LogP contribution in [0.5, 0.6) is 0 Å². The number of fused-ring (bicyclic) bond motifs is 1. The standard InChI is InChI=1S/C13H12N2S.ClH/c14-13(12-6-3-7-16-12)10-8-15-11-5-2-1-4-9(10)11;/h1-8,13,15H,14H2;1H/t13-;/m1./s1. The molecule has 0 unspecified atom stereocenters. The van der Waals surface area contributed by atoms with Crippen LogP contribution in [0.3, 0.4) is 0 Å². The Hall–Kier alpha value is -1.29. The first-order chi connectivity index (χ1) is 7.86. The molecule has 17 heavy (non-hydrogen) atoms. The molecule has 0 aliphatic carbocycles. The van der Waals surface area contributed by atoms with Gasteiger partial charge in [0.05, 0.1) is 6.04 Å². The lowest BCUT2D eigenvalue weighted by Gasteiger charge is -2.07. The van der Waals surface area contributed by atoms with E-state index in [1.165, 1.54) is 10.3 Å². The second kappa shape index (κ2) is 4.92. The normalized spacial score (nSPS) is 12.3. The van der Waals surface area contributed by atoms with Crippen molar-refractivity contribution in [3.05, 3.63) is 58.4 Å². The van der Waals surface area contributed by atoms with Gasteiger partial charge in [-0.05, 0) is 23.1 Å². The zero-order valence-electron chi connectivity index (χ0n) is 9.09. The van der Waals surface area contributed by atoms with Gasteiger partial charge >= 0.3 is 0 Å². The van der Waals surface area contributed by atoms with E-state index in [4.69, 9.17) is 5.73 Å². The fourth-order valence-electron chi connectivity index (χ4n) is 1.97. The van der Waals surface area contributed by atoms with E-state index in [-0.39, 0.29) is 18.4 Å². The third kappa shape index (κ3) is 2.09. The number of nitrogens with one attached hydrogen (secondary N) is 1. The zero-order chi connectivity index (χ0) is 11.0. The summed E-state index contributed by atoms with van der Waals surface area (Å²) in [7, 11) is 0. The van der Waals surface area contributed by atoms with Crippen molar-refractivity contribution in [2.45, 2.75) is 6.04 Å². The monoisotopic (exact) mass is 264 g/mol. The van der Waals surface area contributed by atoms with Gasteiger partial charge in [0.1, 0.15) is 0 Å². The SMILES string of the molecule is Cl.N[C@@H](c1cccs1)c1c[nH]c2ccccc12. The summed E-state index contributed by atoms with van der Waals surface area (Å²) in [5.74, 6) is 0. The number of para-hydroxylation sites is 1. The highest BCUT2D eigenvalue weighted by molar-refractivity contribution is 7.10. The van der Waals surface area contributed by atoms with Crippen LogP contribution in [0.4, 0.5) is 0 Å². The Balaban J connectivity index is 0.00000108. The van der Waals surface area contributed by atoms with E-state index in [0.29, 0.717) is 0 Å². The molecule has 0 saturated heterocycles. The number of rotatable bonds is 2. The summed E-state index contributed by atoms with van der Waals surface area (Å²) in [6, 6.07) is 12.3. The molecule has 4 heteroatoms. The second-order valence-corrected chi connectivity index (χ2v) is 4.76. The zero-order valence-corrected chi connectivity index (χ0v) is 10.7. The Bertz CT molecular complexity index is 601. The van der Waals surface area contributed by atoms with Crippen LogP contribution in [-0.2, 0) is 0 Å². The van der Waals surface area contributed by atoms with Gasteiger partial charge in [0.2, 0.25) is 0 Å². The first-order valence-electron chi connectivity index (χ1n) is 5.21. The lowest BCUT2D eigenvalue weighted by Crippen LogP contribution is -2.09. The van der Waals surface area contributed by atoms with Gasteiger partial charge in [0.15, 0.2) is 0 Å². The summed E-state index contributed by atoms with van der Waals surface area (Å²) in [4.78, 5) is 4.45. The molecule has 0 spiro atoms. The number of H-pyrrole nitrogens is 1. The number of nitrogens with two attached hydrogens (primary N) is 1. The summed E-state index contributed by atoms with van der Waals surface area (Å²) >= 11 is 1.70. The highest BCUT2D eigenvalue weighted by Gasteiger charge is 2.13. The molecule has 2 nitrogen and oxygen atoms in total. The summed E-state index contributed by atoms with van der Waals surface area (Å²) in [6.45, 7) is 0. The molecular formula is C13H13ClN2S. The molecule has 0 amide bonds. The largest absolute Gasteiger partial charge is 0.361 e. The van der Waals surface area contributed by atoms with Crippen molar-refractivity contribution in [3.63, 3.8) is 0 Å². The molecule has 3 N–H and O–H groups in total. The van der Waals surface area contributed by atoms with Crippen LogP contribution in [0, 0.1) is 0 Å². The summed E-state index contributed by atoms with van der Waals surface area (Å²) < 4.78 is 0. The minimum atomic E-state index is -0.0313. The fourth-order valence-corrected chi connectivity index (χ4v) is 2.72. The van der Waals surface area contributed by atoms with Crippen molar-refractivity contribution in [2.24, 2.45) is 5.73 Å². The molecule has 0 saturated carbocycles. The van der Waals surface area contributed by atoms with Crippen LogP contribution in [0.2, 0.25) is 0 Å². The predicted octanol–water partition coefficient (Wildman–Crippen LogP) is 3.70. The predicted molar refractivity (Wildman–Crippen MR) is 75.9 cm³/mol. The molecule has 3 aromatic rings. The molecule has 2 heterocycles. The number of thiophene rings is 1. The first-order valence-corrected chi connectivity index (χ1v) is 6.09. The molecule has 0 aliphatic heterocycles. The summed E-state index contributed by atoms with van der Waals surface area (Å²) in [6.07, 6.45) is 2.01. The molecule has 0 aliphatic rings.